The molecule has 6 nitrogen and oxygen atoms in total. The van der Waals surface area contributed by atoms with E-state index in [1.54, 1.807) is 13.8 Å². The fourth-order valence-corrected chi connectivity index (χ4v) is 1.34. The van der Waals surface area contributed by atoms with Gasteiger partial charge in [0.2, 0.25) is 0 Å². The zero-order valence-electron chi connectivity index (χ0n) is 8.51. The summed E-state index contributed by atoms with van der Waals surface area (Å²) in [5.74, 6) is -7.97. The Labute approximate surface area is 86.5 Å². The third-order valence-electron chi connectivity index (χ3n) is 1.98. The van der Waals surface area contributed by atoms with Crippen molar-refractivity contribution >= 4 is 17.9 Å². The summed E-state index contributed by atoms with van der Waals surface area (Å²) >= 11 is 0. The Morgan fingerprint density at radius 2 is 1.33 bits per heavy atom. The van der Waals surface area contributed by atoms with Gasteiger partial charge in [-0.15, -0.1) is 0 Å². The van der Waals surface area contributed by atoms with Crippen LogP contribution in [0.5, 0.6) is 0 Å². The van der Waals surface area contributed by atoms with Crippen LogP contribution < -0.4 is 0 Å². The molecular formula is C9H14O6. The molecule has 6 heteroatoms. The standard InChI is InChI=1S/C9H14O6/c1-4(2)3-5(7(10)11)6(8(12)13)9(14)15/h4-6H,3H2,1-2H3,(H,10,11)(H,12,13)(H,14,15). The highest BCUT2D eigenvalue weighted by Gasteiger charge is 2.39. The van der Waals surface area contributed by atoms with Crippen LogP contribution in [0.4, 0.5) is 0 Å². The van der Waals surface area contributed by atoms with Crippen LogP contribution in [0.25, 0.3) is 0 Å². The predicted octanol–water partition coefficient (Wildman–Crippen LogP) is 0.519. The number of hydrogen-bond donors (Lipinski definition) is 3. The molecule has 0 fully saturated rings. The maximum absolute atomic E-state index is 10.8. The first-order chi connectivity index (χ1) is 6.77. The minimum atomic E-state index is -1.88. The largest absolute Gasteiger partial charge is 0.481 e. The van der Waals surface area contributed by atoms with Gasteiger partial charge in [-0.1, -0.05) is 13.8 Å². The first-order valence-corrected chi connectivity index (χ1v) is 4.45. The van der Waals surface area contributed by atoms with Crippen molar-refractivity contribution in [2.75, 3.05) is 0 Å². The minimum Gasteiger partial charge on any atom is -0.481 e. The lowest BCUT2D eigenvalue weighted by atomic mass is 9.85. The van der Waals surface area contributed by atoms with Gasteiger partial charge in [0.25, 0.3) is 0 Å². The second kappa shape index (κ2) is 5.33. The van der Waals surface area contributed by atoms with Crippen LogP contribution in [0.2, 0.25) is 0 Å². The maximum atomic E-state index is 10.8. The second-order valence-corrected chi connectivity index (χ2v) is 3.73. The SMILES string of the molecule is CC(C)CC(C(=O)O)C(C(=O)O)C(=O)O. The normalized spacial score (nSPS) is 12.8. The van der Waals surface area contributed by atoms with Gasteiger partial charge < -0.3 is 15.3 Å². The predicted molar refractivity (Wildman–Crippen MR) is 49.3 cm³/mol. The molecule has 0 aliphatic heterocycles. The summed E-state index contributed by atoms with van der Waals surface area (Å²) in [5.41, 5.74) is 0. The highest BCUT2D eigenvalue weighted by Crippen LogP contribution is 2.21. The topological polar surface area (TPSA) is 112 Å². The van der Waals surface area contributed by atoms with E-state index in [1.165, 1.54) is 0 Å². The summed E-state index contributed by atoms with van der Waals surface area (Å²) in [5, 5.41) is 26.0. The van der Waals surface area contributed by atoms with Gasteiger partial charge in [0.1, 0.15) is 0 Å². The summed E-state index contributed by atoms with van der Waals surface area (Å²) in [6, 6.07) is 0. The summed E-state index contributed by atoms with van der Waals surface area (Å²) < 4.78 is 0. The third-order valence-corrected chi connectivity index (χ3v) is 1.98. The van der Waals surface area contributed by atoms with Crippen LogP contribution in [-0.2, 0) is 14.4 Å². The molecule has 0 spiro atoms. The lowest BCUT2D eigenvalue weighted by Gasteiger charge is -2.18. The molecule has 0 aliphatic rings. The molecule has 0 heterocycles. The van der Waals surface area contributed by atoms with E-state index < -0.39 is 29.7 Å². The van der Waals surface area contributed by atoms with Crippen LogP contribution in [0.3, 0.4) is 0 Å². The Kier molecular flexibility index (Phi) is 4.77. The molecule has 0 saturated carbocycles. The minimum absolute atomic E-state index is 0.0264. The van der Waals surface area contributed by atoms with E-state index in [-0.39, 0.29) is 12.3 Å². The van der Waals surface area contributed by atoms with Crippen molar-refractivity contribution in [2.24, 2.45) is 17.8 Å². The fourth-order valence-electron chi connectivity index (χ4n) is 1.34. The van der Waals surface area contributed by atoms with E-state index in [0.717, 1.165) is 0 Å². The Morgan fingerprint density at radius 1 is 0.933 bits per heavy atom. The van der Waals surface area contributed by atoms with E-state index in [9.17, 15) is 14.4 Å². The number of rotatable bonds is 6. The van der Waals surface area contributed by atoms with E-state index in [1.807, 2.05) is 0 Å². The monoisotopic (exact) mass is 218 g/mol. The smallest absolute Gasteiger partial charge is 0.318 e. The molecule has 86 valence electrons. The molecular weight excluding hydrogens is 204 g/mol. The molecule has 0 aromatic rings. The number of aliphatic carboxylic acids is 3. The van der Waals surface area contributed by atoms with Gasteiger partial charge in [0.15, 0.2) is 5.92 Å². The van der Waals surface area contributed by atoms with Crippen LogP contribution >= 0.6 is 0 Å². The molecule has 0 aromatic heterocycles. The molecule has 1 atom stereocenters. The van der Waals surface area contributed by atoms with Gasteiger partial charge >= 0.3 is 17.9 Å². The van der Waals surface area contributed by atoms with Gasteiger partial charge in [-0.25, -0.2) is 0 Å². The zero-order chi connectivity index (χ0) is 12.2. The summed E-state index contributed by atoms with van der Waals surface area (Å²) in [4.78, 5) is 32.0. The van der Waals surface area contributed by atoms with Crippen molar-refractivity contribution < 1.29 is 29.7 Å². The van der Waals surface area contributed by atoms with E-state index in [4.69, 9.17) is 15.3 Å². The number of carbonyl (C=O) groups is 3. The third kappa shape index (κ3) is 3.97. The van der Waals surface area contributed by atoms with Crippen molar-refractivity contribution in [1.82, 2.24) is 0 Å². The van der Waals surface area contributed by atoms with Gasteiger partial charge in [-0.2, -0.15) is 0 Å². The highest BCUT2D eigenvalue weighted by atomic mass is 16.4. The molecule has 3 N–H and O–H groups in total. The van der Waals surface area contributed by atoms with Crippen molar-refractivity contribution in [3.8, 4) is 0 Å². The van der Waals surface area contributed by atoms with Crippen LogP contribution in [-0.4, -0.2) is 33.2 Å². The lowest BCUT2D eigenvalue weighted by molar-refractivity contribution is -0.164. The van der Waals surface area contributed by atoms with Crippen molar-refractivity contribution in [1.29, 1.82) is 0 Å². The van der Waals surface area contributed by atoms with Gasteiger partial charge in [0, 0.05) is 0 Å². The quantitative estimate of drug-likeness (QED) is 0.560. The Morgan fingerprint density at radius 3 is 1.53 bits per heavy atom. The van der Waals surface area contributed by atoms with Crippen LogP contribution in [0.1, 0.15) is 20.3 Å². The van der Waals surface area contributed by atoms with E-state index in [0.29, 0.717) is 0 Å². The van der Waals surface area contributed by atoms with E-state index in [2.05, 4.69) is 0 Å². The summed E-state index contributed by atoms with van der Waals surface area (Å²) in [6.45, 7) is 3.41. The number of hydrogen-bond acceptors (Lipinski definition) is 3. The first-order valence-electron chi connectivity index (χ1n) is 4.45. The average Bonchev–Trinajstić information content (AvgIpc) is 2.00. The maximum Gasteiger partial charge on any atom is 0.318 e. The van der Waals surface area contributed by atoms with Gasteiger partial charge in [0.05, 0.1) is 5.92 Å². The Balaban J connectivity index is 4.92. The lowest BCUT2D eigenvalue weighted by Crippen LogP contribution is -2.36. The molecule has 0 saturated heterocycles. The molecule has 15 heavy (non-hydrogen) atoms. The molecule has 0 bridgehead atoms. The van der Waals surface area contributed by atoms with E-state index >= 15 is 0 Å². The van der Waals surface area contributed by atoms with Crippen LogP contribution in [0, 0.1) is 17.8 Å². The number of carboxylic acids is 3. The van der Waals surface area contributed by atoms with Crippen molar-refractivity contribution in [2.45, 2.75) is 20.3 Å². The number of carboxylic acid groups (broad SMARTS) is 3. The summed E-state index contributed by atoms with van der Waals surface area (Å²) in [6.07, 6.45) is 0.0264. The molecule has 0 radical (unpaired) electrons. The molecule has 0 amide bonds. The molecule has 0 aromatic carbocycles. The Hall–Kier alpha value is -1.59. The molecule has 0 rings (SSSR count). The zero-order valence-corrected chi connectivity index (χ0v) is 8.51. The highest BCUT2D eigenvalue weighted by molar-refractivity contribution is 5.97. The average molecular weight is 218 g/mol. The first kappa shape index (κ1) is 13.4. The summed E-state index contributed by atoms with van der Waals surface area (Å²) in [7, 11) is 0. The molecule has 0 aliphatic carbocycles. The second-order valence-electron chi connectivity index (χ2n) is 3.73. The van der Waals surface area contributed by atoms with Gasteiger partial charge in [-0.05, 0) is 12.3 Å². The van der Waals surface area contributed by atoms with Gasteiger partial charge in [-0.3, -0.25) is 14.4 Å². The fraction of sp³-hybridized carbons (Fsp3) is 0.667. The van der Waals surface area contributed by atoms with Crippen molar-refractivity contribution in [3.63, 3.8) is 0 Å². The van der Waals surface area contributed by atoms with Crippen molar-refractivity contribution in [3.05, 3.63) is 0 Å². The molecule has 1 unspecified atom stereocenters. The Bertz CT molecular complexity index is 256. The van der Waals surface area contributed by atoms with Crippen LogP contribution in [0.15, 0.2) is 0 Å².